The zero-order valence-electron chi connectivity index (χ0n) is 11.4. The summed E-state index contributed by atoms with van der Waals surface area (Å²) in [5, 5.41) is 11.6. The van der Waals surface area contributed by atoms with Crippen molar-refractivity contribution in [2.24, 2.45) is 0 Å². The van der Waals surface area contributed by atoms with E-state index in [-0.39, 0.29) is 0 Å². The van der Waals surface area contributed by atoms with Crippen molar-refractivity contribution < 1.29 is 0 Å². The average Bonchev–Trinajstić information content (AvgIpc) is 2.49. The zero-order chi connectivity index (χ0) is 13.3. The summed E-state index contributed by atoms with van der Waals surface area (Å²) in [4.78, 5) is 0. The molecule has 0 amide bonds. The number of nitrogens with zero attached hydrogens (tertiary/aromatic N) is 2. The van der Waals surface area contributed by atoms with Gasteiger partial charge in [-0.2, -0.15) is 10.2 Å². The number of aromatic nitrogens is 2. The minimum absolute atomic E-state index is 0.392. The Bertz CT molecular complexity index is 456. The van der Waals surface area contributed by atoms with Crippen LogP contribution in [0.15, 0.2) is 48.7 Å². The fourth-order valence-corrected chi connectivity index (χ4v) is 2.14. The quantitative estimate of drug-likeness (QED) is 0.823. The van der Waals surface area contributed by atoms with Gasteiger partial charge in [0.15, 0.2) is 0 Å². The number of nitrogens with one attached hydrogen (secondary N) is 1. The molecule has 3 nitrogen and oxygen atoms in total. The van der Waals surface area contributed by atoms with E-state index in [0.717, 1.165) is 18.7 Å². The molecule has 100 valence electrons. The largest absolute Gasteiger partial charge is 0.304 e. The Balaban J connectivity index is 1.98. The van der Waals surface area contributed by atoms with Crippen LogP contribution in [-0.4, -0.2) is 10.2 Å². The third-order valence-electron chi connectivity index (χ3n) is 3.21. The van der Waals surface area contributed by atoms with Crippen LogP contribution in [0.1, 0.15) is 43.5 Å². The Kier molecular flexibility index (Phi) is 5.50. The highest BCUT2D eigenvalue weighted by Gasteiger charge is 2.10. The van der Waals surface area contributed by atoms with Gasteiger partial charge in [-0.25, -0.2) is 0 Å². The van der Waals surface area contributed by atoms with Gasteiger partial charge in [0.25, 0.3) is 0 Å². The predicted molar refractivity (Wildman–Crippen MR) is 77.6 cm³/mol. The maximum Gasteiger partial charge on any atom is 0.0769 e. The van der Waals surface area contributed by atoms with Crippen molar-refractivity contribution in [1.82, 2.24) is 15.5 Å². The highest BCUT2D eigenvalue weighted by molar-refractivity contribution is 5.19. The Hall–Kier alpha value is -1.74. The van der Waals surface area contributed by atoms with E-state index in [2.05, 4.69) is 52.8 Å². The van der Waals surface area contributed by atoms with E-state index in [0.29, 0.717) is 6.04 Å². The molecule has 1 aromatic heterocycles. The molecule has 1 N–H and O–H groups in total. The zero-order valence-corrected chi connectivity index (χ0v) is 11.4. The van der Waals surface area contributed by atoms with Crippen LogP contribution in [0.4, 0.5) is 0 Å². The van der Waals surface area contributed by atoms with Crippen molar-refractivity contribution in [3.63, 3.8) is 0 Å². The highest BCUT2D eigenvalue weighted by Crippen LogP contribution is 2.19. The molecule has 2 rings (SSSR count). The lowest BCUT2D eigenvalue weighted by Crippen LogP contribution is -2.21. The molecule has 1 atom stereocenters. The first-order valence-electron chi connectivity index (χ1n) is 6.95. The molecule has 1 heterocycles. The summed E-state index contributed by atoms with van der Waals surface area (Å²) in [6.45, 7) is 2.99. The molecule has 0 aliphatic carbocycles. The topological polar surface area (TPSA) is 37.8 Å². The maximum absolute atomic E-state index is 4.11. The smallest absolute Gasteiger partial charge is 0.0769 e. The third-order valence-corrected chi connectivity index (χ3v) is 3.21. The first-order chi connectivity index (χ1) is 9.40. The van der Waals surface area contributed by atoms with Gasteiger partial charge in [-0.1, -0.05) is 50.1 Å². The van der Waals surface area contributed by atoms with Crippen LogP contribution in [0.25, 0.3) is 0 Å². The molecule has 1 unspecified atom stereocenters. The molecule has 0 radical (unpaired) electrons. The van der Waals surface area contributed by atoms with Crippen molar-refractivity contribution >= 4 is 0 Å². The average molecular weight is 255 g/mol. The van der Waals surface area contributed by atoms with Gasteiger partial charge in [0, 0.05) is 18.8 Å². The summed E-state index contributed by atoms with van der Waals surface area (Å²) in [5.41, 5.74) is 2.33. The minimum atomic E-state index is 0.392. The van der Waals surface area contributed by atoms with Crippen LogP contribution >= 0.6 is 0 Å². The van der Waals surface area contributed by atoms with Gasteiger partial charge < -0.3 is 5.32 Å². The van der Waals surface area contributed by atoms with Gasteiger partial charge in [0.1, 0.15) is 0 Å². The molecule has 0 fully saturated rings. The molecule has 1 aromatic carbocycles. The summed E-state index contributed by atoms with van der Waals surface area (Å²) in [5.74, 6) is 0. The number of benzene rings is 1. The molecule has 0 aliphatic heterocycles. The first-order valence-corrected chi connectivity index (χ1v) is 6.95. The first kappa shape index (κ1) is 13.7. The summed E-state index contributed by atoms with van der Waals surface area (Å²) in [6, 6.07) is 14.9. The molecule has 0 saturated carbocycles. The van der Waals surface area contributed by atoms with Crippen LogP contribution in [-0.2, 0) is 6.54 Å². The lowest BCUT2D eigenvalue weighted by Gasteiger charge is -2.18. The number of hydrogen-bond acceptors (Lipinski definition) is 3. The van der Waals surface area contributed by atoms with Crippen molar-refractivity contribution in [2.45, 2.75) is 38.8 Å². The van der Waals surface area contributed by atoms with Gasteiger partial charge in [-0.05, 0) is 24.1 Å². The van der Waals surface area contributed by atoms with Crippen LogP contribution < -0.4 is 5.32 Å². The van der Waals surface area contributed by atoms with Crippen LogP contribution in [0, 0.1) is 0 Å². The van der Waals surface area contributed by atoms with E-state index in [1.165, 1.54) is 18.4 Å². The highest BCUT2D eigenvalue weighted by atomic mass is 15.1. The second kappa shape index (κ2) is 7.64. The van der Waals surface area contributed by atoms with Gasteiger partial charge in [0.2, 0.25) is 0 Å². The van der Waals surface area contributed by atoms with Crippen LogP contribution in [0.3, 0.4) is 0 Å². The minimum Gasteiger partial charge on any atom is -0.304 e. The van der Waals surface area contributed by atoms with Gasteiger partial charge in [-0.3, -0.25) is 0 Å². The monoisotopic (exact) mass is 255 g/mol. The second-order valence-electron chi connectivity index (χ2n) is 4.70. The maximum atomic E-state index is 4.11. The molecular formula is C16H21N3. The molecule has 2 aromatic rings. The fourth-order valence-electron chi connectivity index (χ4n) is 2.14. The Labute approximate surface area is 115 Å². The van der Waals surface area contributed by atoms with E-state index < -0.39 is 0 Å². The Morgan fingerprint density at radius 2 is 1.95 bits per heavy atom. The number of hydrogen-bond donors (Lipinski definition) is 1. The molecule has 0 saturated heterocycles. The second-order valence-corrected chi connectivity index (χ2v) is 4.70. The molecule has 19 heavy (non-hydrogen) atoms. The van der Waals surface area contributed by atoms with Crippen molar-refractivity contribution in [3.05, 3.63) is 59.9 Å². The molecule has 0 aliphatic rings. The summed E-state index contributed by atoms with van der Waals surface area (Å²) >= 11 is 0. The SMILES string of the molecule is CCCCC(NCc1cccnn1)c1ccccc1. The third kappa shape index (κ3) is 4.45. The van der Waals surface area contributed by atoms with E-state index >= 15 is 0 Å². The summed E-state index contributed by atoms with van der Waals surface area (Å²) in [7, 11) is 0. The standard InChI is InChI=1S/C16H21N3/c1-2-3-11-16(14-8-5-4-6-9-14)17-13-15-10-7-12-18-19-15/h4-10,12,16-17H,2-3,11,13H2,1H3. The number of unbranched alkanes of at least 4 members (excludes halogenated alkanes) is 1. The lowest BCUT2D eigenvalue weighted by molar-refractivity contribution is 0.476. The van der Waals surface area contributed by atoms with Crippen molar-refractivity contribution in [3.8, 4) is 0 Å². The van der Waals surface area contributed by atoms with Crippen LogP contribution in [0.5, 0.6) is 0 Å². The van der Waals surface area contributed by atoms with Gasteiger partial charge in [0.05, 0.1) is 5.69 Å². The predicted octanol–water partition coefficient (Wildman–Crippen LogP) is 3.50. The van der Waals surface area contributed by atoms with Gasteiger partial charge in [-0.15, -0.1) is 0 Å². The molecular weight excluding hydrogens is 234 g/mol. The summed E-state index contributed by atoms with van der Waals surface area (Å²) in [6.07, 6.45) is 5.30. The Morgan fingerprint density at radius 1 is 1.11 bits per heavy atom. The molecule has 3 heteroatoms. The Morgan fingerprint density at radius 3 is 2.63 bits per heavy atom. The van der Waals surface area contributed by atoms with E-state index in [1.807, 2.05) is 12.1 Å². The molecule has 0 spiro atoms. The van der Waals surface area contributed by atoms with Crippen molar-refractivity contribution in [1.29, 1.82) is 0 Å². The summed E-state index contributed by atoms with van der Waals surface area (Å²) < 4.78 is 0. The normalized spacial score (nSPS) is 12.3. The number of rotatable bonds is 7. The molecule has 0 bridgehead atoms. The van der Waals surface area contributed by atoms with Crippen LogP contribution in [0.2, 0.25) is 0 Å². The van der Waals surface area contributed by atoms with E-state index in [1.54, 1.807) is 6.20 Å². The fraction of sp³-hybridized carbons (Fsp3) is 0.375. The lowest BCUT2D eigenvalue weighted by atomic mass is 10.0. The van der Waals surface area contributed by atoms with E-state index in [9.17, 15) is 0 Å². The van der Waals surface area contributed by atoms with E-state index in [4.69, 9.17) is 0 Å². The van der Waals surface area contributed by atoms with Crippen molar-refractivity contribution in [2.75, 3.05) is 0 Å². The van der Waals surface area contributed by atoms with Gasteiger partial charge >= 0.3 is 0 Å².